The molecule has 1 atom stereocenters. The molecule has 4 rings (SSSR count). The van der Waals surface area contributed by atoms with Crippen LogP contribution in [0, 0.1) is 5.92 Å². The number of carbonyl (C=O) groups excluding carboxylic acids is 1. The third kappa shape index (κ3) is 4.18. The number of carbonyl (C=O) groups is 1. The molecule has 1 aliphatic heterocycles. The van der Waals surface area contributed by atoms with Gasteiger partial charge in [0.25, 0.3) is 5.91 Å². The quantitative estimate of drug-likeness (QED) is 0.797. The average Bonchev–Trinajstić information content (AvgIpc) is 3.31. The maximum Gasteiger partial charge on any atom is 0.261 e. The van der Waals surface area contributed by atoms with Crippen LogP contribution in [0.25, 0.3) is 10.2 Å². The predicted octanol–water partition coefficient (Wildman–Crippen LogP) is 3.39. The second-order valence-electron chi connectivity index (χ2n) is 7.93. The normalized spacial score (nSPS) is 21.7. The van der Waals surface area contributed by atoms with E-state index in [-0.39, 0.29) is 12.5 Å². The van der Waals surface area contributed by atoms with Gasteiger partial charge in [0.2, 0.25) is 0 Å². The Labute approximate surface area is 164 Å². The molecule has 2 aromatic heterocycles. The number of pyridine rings is 1. The van der Waals surface area contributed by atoms with Crippen molar-refractivity contribution in [1.82, 2.24) is 15.2 Å². The number of aromatic nitrogens is 1. The van der Waals surface area contributed by atoms with Crippen LogP contribution in [-0.2, 0) is 0 Å². The zero-order valence-corrected chi connectivity index (χ0v) is 16.6. The van der Waals surface area contributed by atoms with Gasteiger partial charge in [-0.1, -0.05) is 25.3 Å². The topological polar surface area (TPSA) is 65.5 Å². The van der Waals surface area contributed by atoms with Crippen molar-refractivity contribution in [2.24, 2.45) is 5.92 Å². The minimum atomic E-state index is -0.0761. The molecular weight excluding hydrogens is 358 g/mol. The SMILES string of the molecule is O=C(NCCO)c1sc2ncccc2c1[C@@H]1CCN(CC2CCCCC2)C1. The van der Waals surface area contributed by atoms with Gasteiger partial charge in [-0.15, -0.1) is 11.3 Å². The number of nitrogens with one attached hydrogen (secondary N) is 1. The molecule has 5 nitrogen and oxygen atoms in total. The van der Waals surface area contributed by atoms with E-state index in [0.29, 0.717) is 12.5 Å². The van der Waals surface area contributed by atoms with Crippen molar-refractivity contribution >= 4 is 27.5 Å². The fraction of sp³-hybridized carbons (Fsp3) is 0.619. The summed E-state index contributed by atoms with van der Waals surface area (Å²) < 4.78 is 0. The molecular formula is C21H29N3O2S. The van der Waals surface area contributed by atoms with Crippen molar-refractivity contribution in [1.29, 1.82) is 0 Å². The first-order chi connectivity index (χ1) is 13.3. The van der Waals surface area contributed by atoms with Crippen LogP contribution in [0.5, 0.6) is 0 Å². The Kier molecular flexibility index (Phi) is 6.05. The van der Waals surface area contributed by atoms with Crippen LogP contribution >= 0.6 is 11.3 Å². The predicted molar refractivity (Wildman–Crippen MR) is 109 cm³/mol. The monoisotopic (exact) mass is 387 g/mol. The van der Waals surface area contributed by atoms with Crippen molar-refractivity contribution in [3.63, 3.8) is 0 Å². The van der Waals surface area contributed by atoms with Gasteiger partial charge in [0, 0.05) is 37.1 Å². The number of thiophene rings is 1. The smallest absolute Gasteiger partial charge is 0.261 e. The second-order valence-corrected chi connectivity index (χ2v) is 8.93. The number of amides is 1. The van der Waals surface area contributed by atoms with Gasteiger partial charge in [-0.25, -0.2) is 4.98 Å². The Balaban J connectivity index is 1.54. The zero-order valence-electron chi connectivity index (χ0n) is 15.8. The van der Waals surface area contributed by atoms with E-state index in [1.807, 2.05) is 6.07 Å². The molecule has 1 saturated carbocycles. The van der Waals surface area contributed by atoms with Gasteiger partial charge < -0.3 is 15.3 Å². The Morgan fingerprint density at radius 1 is 1.30 bits per heavy atom. The fourth-order valence-corrected chi connectivity index (χ4v) is 5.89. The second kappa shape index (κ2) is 8.67. The van der Waals surface area contributed by atoms with Crippen LogP contribution in [0.15, 0.2) is 18.3 Å². The number of rotatable bonds is 6. The molecule has 3 heterocycles. The lowest BCUT2D eigenvalue weighted by molar-refractivity contribution is 0.0947. The molecule has 6 heteroatoms. The molecule has 2 fully saturated rings. The molecule has 1 aliphatic carbocycles. The molecule has 0 bridgehead atoms. The van der Waals surface area contributed by atoms with Crippen LogP contribution < -0.4 is 5.32 Å². The van der Waals surface area contributed by atoms with E-state index in [0.717, 1.165) is 40.5 Å². The van der Waals surface area contributed by atoms with Crippen molar-refractivity contribution in [3.05, 3.63) is 28.8 Å². The molecule has 0 unspecified atom stereocenters. The Morgan fingerprint density at radius 2 is 2.15 bits per heavy atom. The number of aliphatic hydroxyl groups is 1. The van der Waals surface area contributed by atoms with Crippen molar-refractivity contribution in [2.45, 2.75) is 44.4 Å². The lowest BCUT2D eigenvalue weighted by Crippen LogP contribution is -2.29. The van der Waals surface area contributed by atoms with Crippen LogP contribution in [0.3, 0.4) is 0 Å². The summed E-state index contributed by atoms with van der Waals surface area (Å²) in [5.74, 6) is 1.17. The summed E-state index contributed by atoms with van der Waals surface area (Å²) >= 11 is 1.48. The van der Waals surface area contributed by atoms with E-state index < -0.39 is 0 Å². The molecule has 2 aliphatic rings. The molecule has 2 N–H and O–H groups in total. The fourth-order valence-electron chi connectivity index (χ4n) is 4.74. The summed E-state index contributed by atoms with van der Waals surface area (Å²) in [6, 6.07) is 4.06. The number of hydrogen-bond acceptors (Lipinski definition) is 5. The minimum Gasteiger partial charge on any atom is -0.395 e. The Morgan fingerprint density at radius 3 is 2.96 bits per heavy atom. The molecule has 2 aromatic rings. The van der Waals surface area contributed by atoms with Crippen LogP contribution in [-0.4, -0.2) is 53.7 Å². The lowest BCUT2D eigenvalue weighted by Gasteiger charge is -2.26. The van der Waals surface area contributed by atoms with E-state index in [1.165, 1.54) is 55.5 Å². The number of likely N-dealkylation sites (tertiary alicyclic amines) is 1. The van der Waals surface area contributed by atoms with E-state index in [1.54, 1.807) is 6.20 Å². The van der Waals surface area contributed by atoms with Gasteiger partial charge in [0.15, 0.2) is 0 Å². The lowest BCUT2D eigenvalue weighted by atomic mass is 9.89. The molecule has 1 saturated heterocycles. The molecule has 0 radical (unpaired) electrons. The number of hydrogen-bond donors (Lipinski definition) is 2. The third-order valence-electron chi connectivity index (χ3n) is 6.03. The number of nitrogens with zero attached hydrogens (tertiary/aromatic N) is 2. The third-order valence-corrected chi connectivity index (χ3v) is 7.16. The van der Waals surface area contributed by atoms with Crippen molar-refractivity contribution in [3.8, 4) is 0 Å². The maximum absolute atomic E-state index is 12.7. The van der Waals surface area contributed by atoms with E-state index in [9.17, 15) is 4.79 Å². The highest BCUT2D eigenvalue weighted by Gasteiger charge is 2.31. The minimum absolute atomic E-state index is 0.0389. The maximum atomic E-state index is 12.7. The summed E-state index contributed by atoms with van der Waals surface area (Å²) in [5, 5.41) is 13.0. The van der Waals surface area contributed by atoms with E-state index in [2.05, 4.69) is 21.3 Å². The van der Waals surface area contributed by atoms with Gasteiger partial charge >= 0.3 is 0 Å². The van der Waals surface area contributed by atoms with Gasteiger partial charge in [0.05, 0.1) is 11.5 Å². The van der Waals surface area contributed by atoms with E-state index in [4.69, 9.17) is 5.11 Å². The summed E-state index contributed by atoms with van der Waals surface area (Å²) in [7, 11) is 0. The molecule has 0 spiro atoms. The van der Waals surface area contributed by atoms with Crippen LogP contribution in [0.1, 0.15) is 59.7 Å². The first kappa shape index (κ1) is 18.8. The molecule has 0 aromatic carbocycles. The van der Waals surface area contributed by atoms with Gasteiger partial charge in [-0.05, 0) is 43.4 Å². The van der Waals surface area contributed by atoms with Crippen LogP contribution in [0.4, 0.5) is 0 Å². The molecule has 27 heavy (non-hydrogen) atoms. The Hall–Kier alpha value is -1.50. The molecule has 146 valence electrons. The summed E-state index contributed by atoms with van der Waals surface area (Å²) in [4.78, 5) is 21.5. The first-order valence-electron chi connectivity index (χ1n) is 10.2. The van der Waals surface area contributed by atoms with Gasteiger partial charge in [-0.3, -0.25) is 4.79 Å². The van der Waals surface area contributed by atoms with Crippen molar-refractivity contribution < 1.29 is 9.90 Å². The van der Waals surface area contributed by atoms with Crippen LogP contribution in [0.2, 0.25) is 0 Å². The Bertz CT molecular complexity index is 785. The van der Waals surface area contributed by atoms with E-state index >= 15 is 0 Å². The highest BCUT2D eigenvalue weighted by atomic mass is 32.1. The summed E-state index contributed by atoms with van der Waals surface area (Å²) in [6.07, 6.45) is 9.83. The van der Waals surface area contributed by atoms with Gasteiger partial charge in [-0.2, -0.15) is 0 Å². The number of fused-ring (bicyclic) bond motifs is 1. The number of aliphatic hydroxyl groups excluding tert-OH is 1. The zero-order chi connectivity index (χ0) is 18.6. The highest BCUT2D eigenvalue weighted by molar-refractivity contribution is 7.20. The van der Waals surface area contributed by atoms with Crippen molar-refractivity contribution in [2.75, 3.05) is 32.8 Å². The standard InChI is InChI=1S/C21H29N3O2S/c25-12-10-22-20(26)19-18(17-7-4-9-23-21(17)27-19)16-8-11-24(14-16)13-15-5-2-1-3-6-15/h4,7,9,15-16,25H,1-3,5-6,8,10-14H2,(H,22,26)/t16-/m1/s1. The largest absolute Gasteiger partial charge is 0.395 e. The average molecular weight is 388 g/mol. The van der Waals surface area contributed by atoms with Gasteiger partial charge in [0.1, 0.15) is 4.83 Å². The highest BCUT2D eigenvalue weighted by Crippen LogP contribution is 2.39. The summed E-state index contributed by atoms with van der Waals surface area (Å²) in [5.41, 5.74) is 1.17. The first-order valence-corrected chi connectivity index (χ1v) is 11.1. The molecule has 1 amide bonds. The summed E-state index contributed by atoms with van der Waals surface area (Å²) in [6.45, 7) is 3.62.